The van der Waals surface area contributed by atoms with Crippen LogP contribution in [0.3, 0.4) is 0 Å². The third-order valence-corrected chi connectivity index (χ3v) is 2.08. The molecular weight excluding hydrogens is 160 g/mol. The Balaban J connectivity index is 3.03. The topological polar surface area (TPSA) is 15.6 Å². The maximum atomic E-state index is 4.29. The molecule has 0 fully saturated rings. The lowest BCUT2D eigenvalue weighted by molar-refractivity contribution is 0.439. The summed E-state index contributed by atoms with van der Waals surface area (Å²) in [6.07, 6.45) is 4.05. The minimum Gasteiger partial charge on any atom is -0.330 e. The van der Waals surface area contributed by atoms with E-state index in [1.54, 1.807) is 0 Å². The van der Waals surface area contributed by atoms with Gasteiger partial charge in [-0.15, -0.1) is 0 Å². The van der Waals surface area contributed by atoms with Crippen molar-refractivity contribution < 1.29 is 0 Å². The van der Waals surface area contributed by atoms with Crippen LogP contribution in [0.4, 0.5) is 0 Å². The highest BCUT2D eigenvalue weighted by Crippen LogP contribution is 2.19. The molecule has 0 spiro atoms. The highest BCUT2D eigenvalue weighted by molar-refractivity contribution is 5.64. The molecule has 0 saturated carbocycles. The Morgan fingerprint density at radius 2 is 2.00 bits per heavy atom. The molecule has 0 amide bonds. The number of hydrogen-bond acceptors (Lipinski definition) is 2. The van der Waals surface area contributed by atoms with Crippen LogP contribution in [0.15, 0.2) is 28.0 Å². The largest absolute Gasteiger partial charge is 0.330 e. The fourth-order valence-electron chi connectivity index (χ4n) is 1.34. The summed E-state index contributed by atoms with van der Waals surface area (Å²) in [5.74, 6) is 0. The van der Waals surface area contributed by atoms with Crippen LogP contribution in [0, 0.1) is 0 Å². The average Bonchev–Trinajstić information content (AvgIpc) is 2.03. The van der Waals surface area contributed by atoms with Gasteiger partial charge >= 0.3 is 0 Å². The molecule has 0 N–H and O–H groups in total. The van der Waals surface area contributed by atoms with Crippen molar-refractivity contribution in [2.24, 2.45) is 4.99 Å². The van der Waals surface area contributed by atoms with Gasteiger partial charge in [0.2, 0.25) is 0 Å². The molecule has 2 nitrogen and oxygen atoms in total. The van der Waals surface area contributed by atoms with Crippen LogP contribution in [0.5, 0.6) is 0 Å². The summed E-state index contributed by atoms with van der Waals surface area (Å²) < 4.78 is 0. The fourth-order valence-corrected chi connectivity index (χ4v) is 1.34. The van der Waals surface area contributed by atoms with E-state index >= 15 is 0 Å². The Bertz CT molecular complexity index is 278. The fraction of sp³-hybridized carbons (Fsp3) is 0.545. The van der Waals surface area contributed by atoms with E-state index in [0.717, 1.165) is 5.70 Å². The average molecular weight is 178 g/mol. The molecule has 1 heterocycles. The Labute approximate surface area is 80.7 Å². The van der Waals surface area contributed by atoms with Gasteiger partial charge in [0.25, 0.3) is 0 Å². The smallest absolute Gasteiger partial charge is 0.0955 e. The monoisotopic (exact) mass is 178 g/mol. The van der Waals surface area contributed by atoms with Gasteiger partial charge in [0.1, 0.15) is 0 Å². The van der Waals surface area contributed by atoms with Gasteiger partial charge in [-0.1, -0.05) is 5.57 Å². The zero-order valence-corrected chi connectivity index (χ0v) is 9.13. The second-order valence-corrected chi connectivity index (χ2v) is 3.92. The molecule has 0 atom stereocenters. The summed E-state index contributed by atoms with van der Waals surface area (Å²) in [4.78, 5) is 6.49. The van der Waals surface area contributed by atoms with Crippen LogP contribution < -0.4 is 0 Å². The SMILES string of the molecule is CC1=CC(=C(C)C)N(C(C)C)C=N1. The van der Waals surface area contributed by atoms with Gasteiger partial charge in [-0.3, -0.25) is 0 Å². The summed E-state index contributed by atoms with van der Waals surface area (Å²) in [7, 11) is 0. The van der Waals surface area contributed by atoms with Crippen molar-refractivity contribution in [1.29, 1.82) is 0 Å². The summed E-state index contributed by atoms with van der Waals surface area (Å²) in [5.41, 5.74) is 3.69. The summed E-state index contributed by atoms with van der Waals surface area (Å²) in [6.45, 7) is 10.6. The van der Waals surface area contributed by atoms with Crippen LogP contribution in [0.25, 0.3) is 0 Å². The Morgan fingerprint density at radius 1 is 1.38 bits per heavy atom. The Morgan fingerprint density at radius 3 is 2.46 bits per heavy atom. The van der Waals surface area contributed by atoms with Crippen molar-refractivity contribution in [3.8, 4) is 0 Å². The van der Waals surface area contributed by atoms with Crippen molar-refractivity contribution in [3.05, 3.63) is 23.0 Å². The summed E-state index contributed by atoms with van der Waals surface area (Å²) >= 11 is 0. The zero-order valence-electron chi connectivity index (χ0n) is 9.13. The molecule has 0 bridgehead atoms. The maximum Gasteiger partial charge on any atom is 0.0955 e. The Hall–Kier alpha value is -1.05. The molecule has 0 aromatic heterocycles. The first kappa shape index (κ1) is 10.0. The molecule has 0 aromatic carbocycles. The predicted molar refractivity (Wildman–Crippen MR) is 57.6 cm³/mol. The van der Waals surface area contributed by atoms with Gasteiger partial charge in [-0.2, -0.15) is 0 Å². The van der Waals surface area contributed by atoms with Crippen molar-refractivity contribution >= 4 is 6.34 Å². The Kier molecular flexibility index (Phi) is 2.91. The number of allylic oxidation sites excluding steroid dienone is 3. The molecule has 0 aromatic rings. The van der Waals surface area contributed by atoms with Crippen molar-refractivity contribution in [2.75, 3.05) is 0 Å². The van der Waals surface area contributed by atoms with Crippen molar-refractivity contribution in [1.82, 2.24) is 4.90 Å². The molecule has 0 saturated heterocycles. The normalized spacial score (nSPS) is 16.6. The van der Waals surface area contributed by atoms with Gasteiger partial charge < -0.3 is 4.90 Å². The molecule has 0 radical (unpaired) electrons. The number of aliphatic imine (C=N–C) groups is 1. The molecule has 1 aliphatic heterocycles. The molecule has 0 aliphatic carbocycles. The molecule has 2 heteroatoms. The lowest BCUT2D eigenvalue weighted by atomic mass is 10.1. The summed E-state index contributed by atoms with van der Waals surface area (Å²) in [5, 5.41) is 0. The predicted octanol–water partition coefficient (Wildman–Crippen LogP) is 2.94. The lowest BCUT2D eigenvalue weighted by Gasteiger charge is -2.29. The maximum absolute atomic E-state index is 4.29. The minimum atomic E-state index is 0.470. The van der Waals surface area contributed by atoms with Crippen LogP contribution >= 0.6 is 0 Å². The second-order valence-electron chi connectivity index (χ2n) is 3.92. The van der Waals surface area contributed by atoms with Gasteiger partial charge in [0, 0.05) is 17.4 Å². The second kappa shape index (κ2) is 3.77. The van der Waals surface area contributed by atoms with E-state index in [9.17, 15) is 0 Å². The highest BCUT2D eigenvalue weighted by atomic mass is 15.2. The van der Waals surface area contributed by atoms with E-state index in [1.807, 2.05) is 13.3 Å². The minimum absolute atomic E-state index is 0.470. The standard InChI is InChI=1S/C11H18N2/c1-8(2)11-6-10(5)12-7-13(11)9(3)4/h6-7,9H,1-5H3. The van der Waals surface area contributed by atoms with E-state index in [-0.39, 0.29) is 0 Å². The molecular formula is C11H18N2. The van der Waals surface area contributed by atoms with Gasteiger partial charge in [-0.05, 0) is 40.7 Å². The number of nitrogens with zero attached hydrogens (tertiary/aromatic N) is 2. The quantitative estimate of drug-likeness (QED) is 0.602. The first-order valence-electron chi connectivity index (χ1n) is 4.70. The summed E-state index contributed by atoms with van der Waals surface area (Å²) in [6, 6.07) is 0.470. The molecule has 1 aliphatic rings. The lowest BCUT2D eigenvalue weighted by Crippen LogP contribution is -2.30. The molecule has 0 unspecified atom stereocenters. The van der Waals surface area contributed by atoms with Gasteiger partial charge in [0.05, 0.1) is 6.34 Å². The first-order chi connectivity index (χ1) is 6.02. The molecule has 72 valence electrons. The van der Waals surface area contributed by atoms with E-state index in [0.29, 0.717) is 6.04 Å². The van der Waals surface area contributed by atoms with E-state index in [1.165, 1.54) is 11.3 Å². The number of rotatable bonds is 1. The van der Waals surface area contributed by atoms with Crippen molar-refractivity contribution in [3.63, 3.8) is 0 Å². The van der Waals surface area contributed by atoms with E-state index in [4.69, 9.17) is 0 Å². The highest BCUT2D eigenvalue weighted by Gasteiger charge is 2.13. The molecule has 13 heavy (non-hydrogen) atoms. The van der Waals surface area contributed by atoms with Crippen molar-refractivity contribution in [2.45, 2.75) is 40.7 Å². The van der Waals surface area contributed by atoms with Gasteiger partial charge in [-0.25, -0.2) is 4.99 Å². The van der Waals surface area contributed by atoms with E-state index in [2.05, 4.69) is 43.7 Å². The van der Waals surface area contributed by atoms with E-state index < -0.39 is 0 Å². The van der Waals surface area contributed by atoms with Crippen LogP contribution in [-0.2, 0) is 0 Å². The first-order valence-corrected chi connectivity index (χ1v) is 4.70. The third-order valence-electron chi connectivity index (χ3n) is 2.08. The van der Waals surface area contributed by atoms with Crippen LogP contribution in [0.1, 0.15) is 34.6 Å². The zero-order chi connectivity index (χ0) is 10.0. The van der Waals surface area contributed by atoms with Crippen LogP contribution in [-0.4, -0.2) is 17.3 Å². The number of hydrogen-bond donors (Lipinski definition) is 0. The van der Waals surface area contributed by atoms with Gasteiger partial charge in [0.15, 0.2) is 0 Å². The molecule has 1 rings (SSSR count). The third kappa shape index (κ3) is 2.20. The van der Waals surface area contributed by atoms with Crippen LogP contribution in [0.2, 0.25) is 0 Å².